The van der Waals surface area contributed by atoms with Crippen LogP contribution in [0.15, 0.2) is 24.3 Å². The molecule has 1 amide bonds. The number of ether oxygens (including phenoxy) is 1. The minimum Gasteiger partial charge on any atom is -0.492 e. The third-order valence-electron chi connectivity index (χ3n) is 2.87. The fourth-order valence-corrected chi connectivity index (χ4v) is 1.95. The highest BCUT2D eigenvalue weighted by atomic mass is 16.5. The second-order valence-electron chi connectivity index (χ2n) is 4.21. The Kier molecular flexibility index (Phi) is 2.39. The number of hydrogen-bond acceptors (Lipinski definition) is 2. The molecule has 1 atom stereocenters. The van der Waals surface area contributed by atoms with Gasteiger partial charge in [-0.05, 0) is 25.0 Å². The van der Waals surface area contributed by atoms with E-state index in [0.29, 0.717) is 6.61 Å². The number of carbonyl (C=O) groups excluding carboxylic acids is 1. The molecule has 1 N–H and O–H groups in total. The summed E-state index contributed by atoms with van der Waals surface area (Å²) >= 11 is 0. The quantitative estimate of drug-likeness (QED) is 0.752. The molecule has 0 saturated carbocycles. The van der Waals surface area contributed by atoms with Crippen molar-refractivity contribution in [3.63, 3.8) is 0 Å². The number of amides is 1. The molecule has 0 aliphatic carbocycles. The van der Waals surface area contributed by atoms with Crippen LogP contribution >= 0.6 is 0 Å². The molecule has 0 bridgehead atoms. The van der Waals surface area contributed by atoms with Gasteiger partial charge in [-0.25, -0.2) is 0 Å². The molecule has 15 heavy (non-hydrogen) atoms. The monoisotopic (exact) mass is 205 g/mol. The summed E-state index contributed by atoms with van der Waals surface area (Å²) in [5.41, 5.74) is 0.665. The lowest BCUT2D eigenvalue weighted by Crippen LogP contribution is -2.44. The van der Waals surface area contributed by atoms with Crippen molar-refractivity contribution >= 4 is 5.91 Å². The van der Waals surface area contributed by atoms with Crippen molar-refractivity contribution in [1.29, 1.82) is 0 Å². The predicted molar refractivity (Wildman–Crippen MR) is 57.8 cm³/mol. The first kappa shape index (κ1) is 10.0. The number of nitrogens with one attached hydrogen (secondary N) is 1. The summed E-state index contributed by atoms with van der Waals surface area (Å²) in [7, 11) is 1.66. The summed E-state index contributed by atoms with van der Waals surface area (Å²) in [5.74, 6) is 0.941. The van der Waals surface area contributed by atoms with Crippen LogP contribution in [0.2, 0.25) is 0 Å². The van der Waals surface area contributed by atoms with E-state index in [1.165, 1.54) is 0 Å². The fourth-order valence-electron chi connectivity index (χ4n) is 1.95. The predicted octanol–water partition coefficient (Wildman–Crippen LogP) is 1.37. The zero-order chi connectivity index (χ0) is 10.9. The molecule has 1 aromatic rings. The van der Waals surface area contributed by atoms with Crippen LogP contribution in [0.25, 0.3) is 0 Å². The SMILES string of the molecule is CNC(=O)C1(C)COc2ccccc2C1. The largest absolute Gasteiger partial charge is 0.492 e. The van der Waals surface area contributed by atoms with E-state index >= 15 is 0 Å². The van der Waals surface area contributed by atoms with Crippen molar-refractivity contribution in [2.45, 2.75) is 13.3 Å². The summed E-state index contributed by atoms with van der Waals surface area (Å²) in [5, 5.41) is 2.69. The van der Waals surface area contributed by atoms with Gasteiger partial charge in [0.25, 0.3) is 0 Å². The first-order valence-corrected chi connectivity index (χ1v) is 5.08. The zero-order valence-electron chi connectivity index (χ0n) is 9.04. The molecule has 3 nitrogen and oxygen atoms in total. The minimum absolute atomic E-state index is 0.0389. The number of benzene rings is 1. The maximum Gasteiger partial charge on any atom is 0.229 e. The Bertz CT molecular complexity index is 389. The minimum atomic E-state index is -0.441. The molecule has 1 aliphatic heterocycles. The molecule has 1 aliphatic rings. The maximum atomic E-state index is 11.7. The van der Waals surface area contributed by atoms with E-state index < -0.39 is 5.41 Å². The van der Waals surface area contributed by atoms with Crippen LogP contribution in [0, 0.1) is 5.41 Å². The first-order valence-electron chi connectivity index (χ1n) is 5.08. The van der Waals surface area contributed by atoms with Crippen molar-refractivity contribution in [1.82, 2.24) is 5.32 Å². The molecule has 0 radical (unpaired) electrons. The van der Waals surface area contributed by atoms with Gasteiger partial charge in [0.05, 0.1) is 5.41 Å². The van der Waals surface area contributed by atoms with Crippen LogP contribution in [0.5, 0.6) is 5.75 Å². The van der Waals surface area contributed by atoms with Gasteiger partial charge in [0.15, 0.2) is 0 Å². The van der Waals surface area contributed by atoms with Gasteiger partial charge < -0.3 is 10.1 Å². The number of carbonyl (C=O) groups is 1. The Balaban J connectivity index is 2.28. The second kappa shape index (κ2) is 3.57. The molecule has 1 aromatic carbocycles. The summed E-state index contributed by atoms with van der Waals surface area (Å²) in [6.45, 7) is 2.38. The Morgan fingerprint density at radius 1 is 1.47 bits per heavy atom. The van der Waals surface area contributed by atoms with E-state index in [-0.39, 0.29) is 5.91 Å². The van der Waals surface area contributed by atoms with Crippen molar-refractivity contribution in [3.8, 4) is 5.75 Å². The number of rotatable bonds is 1. The molecule has 3 heteroatoms. The summed E-state index contributed by atoms with van der Waals surface area (Å²) in [4.78, 5) is 11.7. The Morgan fingerprint density at radius 3 is 2.93 bits per heavy atom. The lowest BCUT2D eigenvalue weighted by molar-refractivity contribution is -0.131. The van der Waals surface area contributed by atoms with Crippen LogP contribution in [-0.4, -0.2) is 19.6 Å². The number of fused-ring (bicyclic) bond motifs is 1. The van der Waals surface area contributed by atoms with Gasteiger partial charge in [-0.2, -0.15) is 0 Å². The smallest absolute Gasteiger partial charge is 0.229 e. The fraction of sp³-hybridized carbons (Fsp3) is 0.417. The highest BCUT2D eigenvalue weighted by Gasteiger charge is 2.37. The van der Waals surface area contributed by atoms with Gasteiger partial charge in [-0.3, -0.25) is 4.79 Å². The van der Waals surface area contributed by atoms with Gasteiger partial charge in [0, 0.05) is 7.05 Å². The van der Waals surface area contributed by atoms with Gasteiger partial charge in [-0.15, -0.1) is 0 Å². The standard InChI is InChI=1S/C12H15NO2/c1-12(11(14)13-2)7-9-5-3-4-6-10(9)15-8-12/h3-6H,7-8H2,1-2H3,(H,13,14). The second-order valence-corrected chi connectivity index (χ2v) is 4.21. The molecule has 0 saturated heterocycles. The Labute approximate surface area is 89.4 Å². The molecule has 2 rings (SSSR count). The average Bonchev–Trinajstić information content (AvgIpc) is 2.27. The van der Waals surface area contributed by atoms with Crippen molar-refractivity contribution in [2.24, 2.45) is 5.41 Å². The maximum absolute atomic E-state index is 11.7. The molecule has 0 aromatic heterocycles. The molecule has 0 spiro atoms. The first-order chi connectivity index (χ1) is 7.15. The van der Waals surface area contributed by atoms with Crippen LogP contribution in [0.1, 0.15) is 12.5 Å². The lowest BCUT2D eigenvalue weighted by Gasteiger charge is -2.32. The van der Waals surface area contributed by atoms with Crippen LogP contribution in [-0.2, 0) is 11.2 Å². The summed E-state index contributed by atoms with van der Waals surface area (Å²) in [6, 6.07) is 7.87. The number of hydrogen-bond donors (Lipinski definition) is 1. The molecule has 1 unspecified atom stereocenters. The summed E-state index contributed by atoms with van der Waals surface area (Å²) < 4.78 is 5.60. The normalized spacial score (nSPS) is 23.9. The number of para-hydroxylation sites is 1. The Hall–Kier alpha value is -1.51. The van der Waals surface area contributed by atoms with Crippen molar-refractivity contribution < 1.29 is 9.53 Å². The average molecular weight is 205 g/mol. The highest BCUT2D eigenvalue weighted by molar-refractivity contribution is 5.82. The van der Waals surface area contributed by atoms with E-state index in [0.717, 1.165) is 17.7 Å². The lowest BCUT2D eigenvalue weighted by atomic mass is 9.81. The van der Waals surface area contributed by atoms with Crippen LogP contribution in [0.3, 0.4) is 0 Å². The van der Waals surface area contributed by atoms with E-state index in [4.69, 9.17) is 4.74 Å². The van der Waals surface area contributed by atoms with Crippen molar-refractivity contribution in [3.05, 3.63) is 29.8 Å². The van der Waals surface area contributed by atoms with E-state index in [1.807, 2.05) is 31.2 Å². The zero-order valence-corrected chi connectivity index (χ0v) is 9.04. The molecular formula is C12H15NO2. The van der Waals surface area contributed by atoms with Gasteiger partial charge >= 0.3 is 0 Å². The molecular weight excluding hydrogens is 190 g/mol. The van der Waals surface area contributed by atoms with Crippen LogP contribution < -0.4 is 10.1 Å². The third kappa shape index (κ3) is 1.69. The molecule has 1 heterocycles. The highest BCUT2D eigenvalue weighted by Crippen LogP contribution is 2.34. The van der Waals surface area contributed by atoms with Gasteiger partial charge in [-0.1, -0.05) is 18.2 Å². The summed E-state index contributed by atoms with van der Waals surface area (Å²) in [6.07, 6.45) is 0.739. The van der Waals surface area contributed by atoms with Crippen molar-refractivity contribution in [2.75, 3.05) is 13.7 Å². The van der Waals surface area contributed by atoms with E-state index in [9.17, 15) is 4.79 Å². The van der Waals surface area contributed by atoms with E-state index in [2.05, 4.69) is 5.32 Å². The van der Waals surface area contributed by atoms with E-state index in [1.54, 1.807) is 7.05 Å². The van der Waals surface area contributed by atoms with Crippen LogP contribution in [0.4, 0.5) is 0 Å². The van der Waals surface area contributed by atoms with Gasteiger partial charge in [0.1, 0.15) is 12.4 Å². The third-order valence-corrected chi connectivity index (χ3v) is 2.87. The van der Waals surface area contributed by atoms with Gasteiger partial charge in [0.2, 0.25) is 5.91 Å². The Morgan fingerprint density at radius 2 is 2.20 bits per heavy atom. The molecule has 0 fully saturated rings. The topological polar surface area (TPSA) is 38.3 Å². The molecule has 80 valence electrons.